The lowest BCUT2D eigenvalue weighted by atomic mass is 10.2. The van der Waals surface area contributed by atoms with Crippen LogP contribution < -0.4 is 5.32 Å². The molecule has 0 atom stereocenters. The molecule has 0 saturated carbocycles. The highest BCUT2D eigenvalue weighted by molar-refractivity contribution is 5.58. The Morgan fingerprint density at radius 1 is 0.857 bits per heavy atom. The predicted molar refractivity (Wildman–Crippen MR) is 79.7 cm³/mol. The average Bonchev–Trinajstić information content (AvgIpc) is 2.50. The highest BCUT2D eigenvalue weighted by Gasteiger charge is 2.06. The number of aromatic nitrogens is 3. The summed E-state index contributed by atoms with van der Waals surface area (Å²) >= 11 is 0. The van der Waals surface area contributed by atoms with E-state index < -0.39 is 0 Å². The fourth-order valence-corrected chi connectivity index (χ4v) is 1.92. The Morgan fingerprint density at radius 3 is 2.29 bits per heavy atom. The van der Waals surface area contributed by atoms with Gasteiger partial charge in [-0.25, -0.2) is 9.37 Å². The van der Waals surface area contributed by atoms with Crippen LogP contribution in [0.3, 0.4) is 0 Å². The van der Waals surface area contributed by atoms with Crippen LogP contribution in [0.4, 0.5) is 16.0 Å². The number of hydrogen-bond acceptors (Lipinski definition) is 4. The standard InChI is InChI=1S/C16H13FN4/c1-11-18-15(12-5-3-2-4-6-12)21-16(19-11)20-14-9-7-13(17)8-10-14/h2-10H,1H3,(H,18,19,20,21). The Morgan fingerprint density at radius 2 is 1.57 bits per heavy atom. The minimum atomic E-state index is -0.280. The second kappa shape index (κ2) is 5.66. The van der Waals surface area contributed by atoms with E-state index in [0.717, 1.165) is 11.3 Å². The number of nitrogens with one attached hydrogen (secondary N) is 1. The summed E-state index contributed by atoms with van der Waals surface area (Å²) in [6.45, 7) is 1.81. The summed E-state index contributed by atoms with van der Waals surface area (Å²) in [6.07, 6.45) is 0. The van der Waals surface area contributed by atoms with Crippen molar-refractivity contribution in [2.24, 2.45) is 0 Å². The number of benzene rings is 2. The van der Waals surface area contributed by atoms with Crippen molar-refractivity contribution in [3.05, 3.63) is 66.2 Å². The fraction of sp³-hybridized carbons (Fsp3) is 0.0625. The summed E-state index contributed by atoms with van der Waals surface area (Å²) in [6, 6.07) is 15.7. The Labute approximate surface area is 121 Å². The van der Waals surface area contributed by atoms with Gasteiger partial charge in [-0.15, -0.1) is 0 Å². The van der Waals surface area contributed by atoms with E-state index in [1.807, 2.05) is 37.3 Å². The van der Waals surface area contributed by atoms with Crippen LogP contribution in [0.5, 0.6) is 0 Å². The molecule has 5 heteroatoms. The molecule has 0 spiro atoms. The van der Waals surface area contributed by atoms with Gasteiger partial charge in [-0.2, -0.15) is 9.97 Å². The first-order chi connectivity index (χ1) is 10.2. The molecule has 0 radical (unpaired) electrons. The van der Waals surface area contributed by atoms with Crippen molar-refractivity contribution in [3.8, 4) is 11.4 Å². The van der Waals surface area contributed by atoms with Crippen LogP contribution >= 0.6 is 0 Å². The first-order valence-electron chi connectivity index (χ1n) is 6.51. The van der Waals surface area contributed by atoms with Crippen LogP contribution in [0.15, 0.2) is 54.6 Å². The largest absolute Gasteiger partial charge is 0.324 e. The van der Waals surface area contributed by atoms with E-state index in [1.165, 1.54) is 12.1 Å². The molecule has 1 N–H and O–H groups in total. The van der Waals surface area contributed by atoms with Gasteiger partial charge in [0.05, 0.1) is 0 Å². The van der Waals surface area contributed by atoms with E-state index in [2.05, 4.69) is 20.3 Å². The number of hydrogen-bond donors (Lipinski definition) is 1. The number of rotatable bonds is 3. The van der Waals surface area contributed by atoms with E-state index in [-0.39, 0.29) is 5.82 Å². The summed E-state index contributed by atoms with van der Waals surface area (Å²) < 4.78 is 12.9. The summed E-state index contributed by atoms with van der Waals surface area (Å²) in [4.78, 5) is 13.0. The van der Waals surface area contributed by atoms with Crippen LogP contribution in [0, 0.1) is 12.7 Å². The fourth-order valence-electron chi connectivity index (χ4n) is 1.92. The van der Waals surface area contributed by atoms with Crippen molar-refractivity contribution in [2.75, 3.05) is 5.32 Å². The second-order valence-electron chi connectivity index (χ2n) is 4.53. The quantitative estimate of drug-likeness (QED) is 0.794. The molecule has 0 unspecified atom stereocenters. The molecule has 104 valence electrons. The van der Waals surface area contributed by atoms with Gasteiger partial charge in [0.15, 0.2) is 5.82 Å². The van der Waals surface area contributed by atoms with Crippen LogP contribution in [-0.4, -0.2) is 15.0 Å². The maximum Gasteiger partial charge on any atom is 0.231 e. The Balaban J connectivity index is 1.93. The molecule has 0 aliphatic carbocycles. The predicted octanol–water partition coefficient (Wildman–Crippen LogP) is 3.73. The summed E-state index contributed by atoms with van der Waals surface area (Å²) in [7, 11) is 0. The molecule has 0 saturated heterocycles. The van der Waals surface area contributed by atoms with E-state index in [9.17, 15) is 4.39 Å². The third-order valence-electron chi connectivity index (χ3n) is 2.88. The zero-order valence-electron chi connectivity index (χ0n) is 11.4. The molecule has 0 amide bonds. The zero-order valence-corrected chi connectivity index (χ0v) is 11.4. The Kier molecular flexibility index (Phi) is 3.55. The molecule has 0 bridgehead atoms. The van der Waals surface area contributed by atoms with E-state index in [4.69, 9.17) is 0 Å². The molecule has 3 rings (SSSR count). The number of aryl methyl sites for hydroxylation is 1. The lowest BCUT2D eigenvalue weighted by Crippen LogP contribution is -2.03. The molecule has 0 aliphatic heterocycles. The van der Waals surface area contributed by atoms with Gasteiger partial charge in [-0.1, -0.05) is 30.3 Å². The van der Waals surface area contributed by atoms with Crippen molar-refractivity contribution in [2.45, 2.75) is 6.92 Å². The molecule has 1 heterocycles. The molecular weight excluding hydrogens is 267 g/mol. The van der Waals surface area contributed by atoms with Crippen molar-refractivity contribution in [1.29, 1.82) is 0 Å². The van der Waals surface area contributed by atoms with Crippen molar-refractivity contribution in [1.82, 2.24) is 15.0 Å². The molecular formula is C16H13FN4. The second-order valence-corrected chi connectivity index (χ2v) is 4.53. The SMILES string of the molecule is Cc1nc(Nc2ccc(F)cc2)nc(-c2ccccc2)n1. The highest BCUT2D eigenvalue weighted by Crippen LogP contribution is 2.18. The van der Waals surface area contributed by atoms with Gasteiger partial charge in [-0.3, -0.25) is 0 Å². The van der Waals surface area contributed by atoms with Gasteiger partial charge in [0.1, 0.15) is 11.6 Å². The van der Waals surface area contributed by atoms with Gasteiger partial charge in [0.2, 0.25) is 5.95 Å². The van der Waals surface area contributed by atoms with Gasteiger partial charge >= 0.3 is 0 Å². The third kappa shape index (κ3) is 3.20. The Hall–Kier alpha value is -2.82. The van der Waals surface area contributed by atoms with Crippen molar-refractivity contribution >= 4 is 11.6 Å². The Bertz CT molecular complexity index is 742. The van der Waals surface area contributed by atoms with E-state index >= 15 is 0 Å². The third-order valence-corrected chi connectivity index (χ3v) is 2.88. The lowest BCUT2D eigenvalue weighted by Gasteiger charge is -2.07. The smallest absolute Gasteiger partial charge is 0.231 e. The minimum Gasteiger partial charge on any atom is -0.324 e. The number of halogens is 1. The molecule has 3 aromatic rings. The summed E-state index contributed by atoms with van der Waals surface area (Å²) in [5.41, 5.74) is 1.64. The first kappa shape index (κ1) is 13.2. The molecule has 1 aromatic heterocycles. The molecule has 21 heavy (non-hydrogen) atoms. The normalized spacial score (nSPS) is 10.4. The highest BCUT2D eigenvalue weighted by atomic mass is 19.1. The maximum absolute atomic E-state index is 12.9. The molecule has 2 aromatic carbocycles. The van der Waals surface area contributed by atoms with E-state index in [1.54, 1.807) is 12.1 Å². The summed E-state index contributed by atoms with van der Waals surface area (Å²) in [5.74, 6) is 1.38. The van der Waals surface area contributed by atoms with Gasteiger partial charge in [0, 0.05) is 11.3 Å². The topological polar surface area (TPSA) is 50.7 Å². The van der Waals surface area contributed by atoms with Gasteiger partial charge in [-0.05, 0) is 31.2 Å². The minimum absolute atomic E-state index is 0.280. The summed E-state index contributed by atoms with van der Waals surface area (Å²) in [5, 5.41) is 3.05. The van der Waals surface area contributed by atoms with Gasteiger partial charge < -0.3 is 5.32 Å². The zero-order chi connectivity index (χ0) is 14.7. The van der Waals surface area contributed by atoms with Crippen molar-refractivity contribution in [3.63, 3.8) is 0 Å². The maximum atomic E-state index is 12.9. The van der Waals surface area contributed by atoms with Gasteiger partial charge in [0.25, 0.3) is 0 Å². The first-order valence-corrected chi connectivity index (χ1v) is 6.51. The van der Waals surface area contributed by atoms with Crippen LogP contribution in [0.2, 0.25) is 0 Å². The number of anilines is 2. The average molecular weight is 280 g/mol. The van der Waals surface area contributed by atoms with Crippen LogP contribution in [-0.2, 0) is 0 Å². The molecule has 0 aliphatic rings. The number of nitrogens with zero attached hydrogens (tertiary/aromatic N) is 3. The molecule has 4 nitrogen and oxygen atoms in total. The lowest BCUT2D eigenvalue weighted by molar-refractivity contribution is 0.628. The monoisotopic (exact) mass is 280 g/mol. The van der Waals surface area contributed by atoms with Crippen LogP contribution in [0.1, 0.15) is 5.82 Å². The van der Waals surface area contributed by atoms with Crippen molar-refractivity contribution < 1.29 is 4.39 Å². The van der Waals surface area contributed by atoms with E-state index in [0.29, 0.717) is 17.6 Å². The van der Waals surface area contributed by atoms with Crippen LogP contribution in [0.25, 0.3) is 11.4 Å². The molecule has 0 fully saturated rings.